The van der Waals surface area contributed by atoms with Crippen LogP contribution in [0.25, 0.3) is 0 Å². The first kappa shape index (κ1) is 15.1. The van der Waals surface area contributed by atoms with Crippen molar-refractivity contribution < 1.29 is 13.6 Å². The molecule has 6 atom stereocenters. The molecule has 0 aromatic rings. The molecule has 1 nitrogen and oxygen atoms in total. The van der Waals surface area contributed by atoms with Gasteiger partial charge in [0.15, 0.2) is 0 Å². The number of alkyl halides is 2. The Bertz CT molecular complexity index is 502. The molecule has 124 valence electrons. The summed E-state index contributed by atoms with van der Waals surface area (Å²) in [5, 5.41) is 0. The van der Waals surface area contributed by atoms with Gasteiger partial charge in [0.25, 0.3) is 5.92 Å². The normalized spacial score (nSPS) is 53.5. The second-order valence-corrected chi connectivity index (χ2v) is 9.12. The maximum absolute atomic E-state index is 15.1. The second-order valence-electron chi connectivity index (χ2n) is 9.12. The van der Waals surface area contributed by atoms with Crippen LogP contribution >= 0.6 is 0 Å². The van der Waals surface area contributed by atoms with Crippen LogP contribution in [-0.2, 0) is 4.79 Å². The van der Waals surface area contributed by atoms with Crippen molar-refractivity contribution in [2.45, 2.75) is 77.6 Å². The molecule has 0 aromatic heterocycles. The Labute approximate surface area is 132 Å². The van der Waals surface area contributed by atoms with E-state index in [4.69, 9.17) is 0 Å². The van der Waals surface area contributed by atoms with Gasteiger partial charge in [0.2, 0.25) is 0 Å². The molecular formula is C19H28F2O. The highest BCUT2D eigenvalue weighted by molar-refractivity contribution is 5.79. The average Bonchev–Trinajstić information content (AvgIpc) is 2.85. The van der Waals surface area contributed by atoms with Crippen molar-refractivity contribution >= 4 is 5.78 Å². The highest BCUT2D eigenvalue weighted by Gasteiger charge is 2.67. The van der Waals surface area contributed by atoms with Crippen molar-refractivity contribution in [2.24, 2.45) is 34.5 Å². The Kier molecular flexibility index (Phi) is 3.11. The van der Waals surface area contributed by atoms with Crippen molar-refractivity contribution in [3.8, 4) is 0 Å². The molecule has 4 rings (SSSR count). The largest absolute Gasteiger partial charge is 0.300 e. The summed E-state index contributed by atoms with van der Waals surface area (Å²) < 4.78 is 30.1. The first-order chi connectivity index (χ1) is 10.3. The highest BCUT2D eigenvalue weighted by atomic mass is 19.3. The summed E-state index contributed by atoms with van der Waals surface area (Å²) in [7, 11) is 0. The minimum Gasteiger partial charge on any atom is -0.300 e. The lowest BCUT2D eigenvalue weighted by molar-refractivity contribution is -0.227. The zero-order valence-corrected chi connectivity index (χ0v) is 13.8. The van der Waals surface area contributed by atoms with Crippen molar-refractivity contribution in [1.29, 1.82) is 0 Å². The minimum absolute atomic E-state index is 0.0236. The number of hydrogen-bond acceptors (Lipinski definition) is 1. The molecule has 0 amide bonds. The molecular weight excluding hydrogens is 282 g/mol. The summed E-state index contributed by atoms with van der Waals surface area (Å²) in [6, 6.07) is 0. The van der Waals surface area contributed by atoms with Crippen LogP contribution in [0.5, 0.6) is 0 Å². The number of ketones is 1. The third-order valence-electron chi connectivity index (χ3n) is 8.42. The van der Waals surface area contributed by atoms with E-state index in [0.717, 1.165) is 32.1 Å². The summed E-state index contributed by atoms with van der Waals surface area (Å²) >= 11 is 0. The van der Waals surface area contributed by atoms with Crippen LogP contribution in [0.15, 0.2) is 0 Å². The van der Waals surface area contributed by atoms with E-state index < -0.39 is 11.3 Å². The summed E-state index contributed by atoms with van der Waals surface area (Å²) in [6.45, 7) is 4.09. The molecule has 0 aliphatic heterocycles. The molecule has 4 aliphatic rings. The molecule has 0 saturated heterocycles. The Morgan fingerprint density at radius 1 is 1.05 bits per heavy atom. The summed E-state index contributed by atoms with van der Waals surface area (Å²) in [6.07, 6.45) is 7.01. The third-order valence-corrected chi connectivity index (χ3v) is 8.42. The quantitative estimate of drug-likeness (QED) is 0.598. The van der Waals surface area contributed by atoms with E-state index in [-0.39, 0.29) is 23.7 Å². The Hall–Kier alpha value is -0.470. The number of rotatable bonds is 0. The van der Waals surface area contributed by atoms with Gasteiger partial charge in [0, 0.05) is 24.7 Å². The van der Waals surface area contributed by atoms with Gasteiger partial charge in [-0.1, -0.05) is 20.3 Å². The molecule has 3 heteroatoms. The molecule has 0 spiro atoms. The van der Waals surface area contributed by atoms with Gasteiger partial charge in [-0.25, -0.2) is 8.78 Å². The number of fused-ring (bicyclic) bond motifs is 5. The van der Waals surface area contributed by atoms with Crippen LogP contribution in [0.2, 0.25) is 0 Å². The minimum atomic E-state index is -2.53. The second kappa shape index (κ2) is 4.54. The molecule has 0 N–H and O–H groups in total. The zero-order valence-electron chi connectivity index (χ0n) is 13.8. The van der Waals surface area contributed by atoms with Crippen LogP contribution in [0.3, 0.4) is 0 Å². The SMILES string of the molecule is C[C@]12CCC(=O)C[C@@H]1CC[C@H]1[C@H]3CCC[C@@]3(C)C(F)(F)C[C@@H]12. The predicted molar refractivity (Wildman–Crippen MR) is 81.7 cm³/mol. The summed E-state index contributed by atoms with van der Waals surface area (Å²) in [5.41, 5.74) is -0.786. The first-order valence-electron chi connectivity index (χ1n) is 9.17. The van der Waals surface area contributed by atoms with Crippen molar-refractivity contribution in [2.75, 3.05) is 0 Å². The van der Waals surface area contributed by atoms with E-state index in [2.05, 4.69) is 6.92 Å². The molecule has 4 aliphatic carbocycles. The molecule has 0 aromatic carbocycles. The van der Waals surface area contributed by atoms with Crippen LogP contribution in [0, 0.1) is 34.5 Å². The van der Waals surface area contributed by atoms with E-state index >= 15 is 8.78 Å². The van der Waals surface area contributed by atoms with Crippen LogP contribution in [0.4, 0.5) is 8.78 Å². The number of halogens is 2. The van der Waals surface area contributed by atoms with Crippen LogP contribution in [0.1, 0.15) is 71.6 Å². The average molecular weight is 310 g/mol. The van der Waals surface area contributed by atoms with E-state index in [1.807, 2.05) is 6.92 Å². The first-order valence-corrected chi connectivity index (χ1v) is 9.17. The van der Waals surface area contributed by atoms with Crippen LogP contribution < -0.4 is 0 Å². The highest BCUT2D eigenvalue weighted by Crippen LogP contribution is 2.69. The molecule has 0 bridgehead atoms. The molecule has 0 heterocycles. The van der Waals surface area contributed by atoms with Crippen molar-refractivity contribution in [3.05, 3.63) is 0 Å². The summed E-state index contributed by atoms with van der Waals surface area (Å²) in [4.78, 5) is 11.8. The van der Waals surface area contributed by atoms with E-state index in [9.17, 15) is 4.79 Å². The van der Waals surface area contributed by atoms with Gasteiger partial charge in [-0.2, -0.15) is 0 Å². The van der Waals surface area contributed by atoms with Crippen molar-refractivity contribution in [1.82, 2.24) is 0 Å². The lowest BCUT2D eigenvalue weighted by Crippen LogP contribution is -2.59. The molecule has 0 unspecified atom stereocenters. The lowest BCUT2D eigenvalue weighted by Gasteiger charge is -2.61. The monoisotopic (exact) mass is 310 g/mol. The van der Waals surface area contributed by atoms with Gasteiger partial charge in [-0.05, 0) is 61.2 Å². The van der Waals surface area contributed by atoms with E-state index in [1.54, 1.807) is 0 Å². The Balaban J connectivity index is 1.71. The predicted octanol–water partition coefficient (Wildman–Crippen LogP) is 5.23. The van der Waals surface area contributed by atoms with Gasteiger partial charge in [-0.3, -0.25) is 4.79 Å². The number of carbonyl (C=O) groups is 1. The van der Waals surface area contributed by atoms with Gasteiger partial charge in [0.1, 0.15) is 5.78 Å². The van der Waals surface area contributed by atoms with E-state index in [0.29, 0.717) is 36.9 Å². The Morgan fingerprint density at radius 2 is 1.82 bits per heavy atom. The zero-order chi connectivity index (χ0) is 15.8. The third kappa shape index (κ3) is 1.77. The number of hydrogen-bond donors (Lipinski definition) is 0. The van der Waals surface area contributed by atoms with Gasteiger partial charge >= 0.3 is 0 Å². The Morgan fingerprint density at radius 3 is 2.59 bits per heavy atom. The maximum Gasteiger partial charge on any atom is 0.253 e. The summed E-state index contributed by atoms with van der Waals surface area (Å²) in [5.74, 6) is -1.00. The molecule has 0 radical (unpaired) electrons. The standard InChI is InChI=1S/C19H28F2O/c1-17-9-7-13(22)10-12(17)5-6-14-15-4-3-8-18(15,2)19(20,21)11-16(14)17/h12,14-16H,3-11H2,1-2H3/t12-,14-,15+,16-,17-,18+/m0/s1. The fraction of sp³-hybridized carbons (Fsp3) is 0.947. The van der Waals surface area contributed by atoms with Gasteiger partial charge in [0.05, 0.1) is 0 Å². The topological polar surface area (TPSA) is 17.1 Å². The van der Waals surface area contributed by atoms with Gasteiger partial charge < -0.3 is 0 Å². The van der Waals surface area contributed by atoms with Gasteiger partial charge in [-0.15, -0.1) is 0 Å². The fourth-order valence-electron chi connectivity index (χ4n) is 6.94. The molecule has 4 saturated carbocycles. The molecule has 4 fully saturated rings. The smallest absolute Gasteiger partial charge is 0.253 e. The van der Waals surface area contributed by atoms with Crippen LogP contribution in [-0.4, -0.2) is 11.7 Å². The van der Waals surface area contributed by atoms with Crippen molar-refractivity contribution in [3.63, 3.8) is 0 Å². The number of carbonyl (C=O) groups excluding carboxylic acids is 1. The van der Waals surface area contributed by atoms with E-state index in [1.165, 1.54) is 0 Å². The lowest BCUT2D eigenvalue weighted by atomic mass is 9.44. The fourth-order valence-corrected chi connectivity index (χ4v) is 6.94. The molecule has 22 heavy (non-hydrogen) atoms. The maximum atomic E-state index is 15.1. The number of Topliss-reactive ketones (excluding diaryl/α,β-unsaturated/α-hetero) is 1.